The van der Waals surface area contributed by atoms with Gasteiger partial charge in [0.05, 0.1) is 7.11 Å². The summed E-state index contributed by atoms with van der Waals surface area (Å²) in [5, 5.41) is 0. The zero-order valence-corrected chi connectivity index (χ0v) is 10.9. The molecule has 0 aromatic heterocycles. The van der Waals surface area contributed by atoms with Gasteiger partial charge in [0.25, 0.3) is 0 Å². The maximum absolute atomic E-state index is 5.81. The van der Waals surface area contributed by atoms with Crippen molar-refractivity contribution in [2.75, 3.05) is 20.2 Å². The van der Waals surface area contributed by atoms with Crippen molar-refractivity contribution in [2.24, 2.45) is 0 Å². The number of benzene rings is 1. The molecule has 0 fully saturated rings. The Morgan fingerprint density at radius 2 is 2.00 bits per heavy atom. The van der Waals surface area contributed by atoms with Crippen LogP contribution >= 0.6 is 0 Å². The number of hydroxylamine groups is 3. The molecule has 0 aliphatic carbocycles. The highest BCUT2D eigenvalue weighted by molar-refractivity contribution is 5.14. The van der Waals surface area contributed by atoms with Gasteiger partial charge in [0.1, 0.15) is 19.6 Å². The van der Waals surface area contributed by atoms with Gasteiger partial charge in [-0.2, -0.15) is 4.65 Å². The second kappa shape index (κ2) is 5.48. The van der Waals surface area contributed by atoms with E-state index in [4.69, 9.17) is 4.84 Å². The summed E-state index contributed by atoms with van der Waals surface area (Å²) >= 11 is 0. The maximum Gasteiger partial charge on any atom is 0.135 e. The van der Waals surface area contributed by atoms with Gasteiger partial charge in [0.15, 0.2) is 0 Å². The van der Waals surface area contributed by atoms with E-state index in [9.17, 15) is 0 Å². The fraction of sp³-hybridized carbons (Fsp3) is 0.467. The molecule has 0 N–H and O–H groups in total. The van der Waals surface area contributed by atoms with Crippen LogP contribution in [0.15, 0.2) is 42.0 Å². The Morgan fingerprint density at radius 3 is 2.65 bits per heavy atom. The van der Waals surface area contributed by atoms with E-state index in [1.165, 1.54) is 11.1 Å². The van der Waals surface area contributed by atoms with Crippen LogP contribution in [0.3, 0.4) is 0 Å². The molecule has 1 aromatic rings. The fourth-order valence-corrected chi connectivity index (χ4v) is 2.55. The predicted molar refractivity (Wildman–Crippen MR) is 70.1 cm³/mol. The van der Waals surface area contributed by atoms with Crippen molar-refractivity contribution in [1.82, 2.24) is 0 Å². The van der Waals surface area contributed by atoms with E-state index in [0.29, 0.717) is 0 Å². The number of hydrogen-bond acceptors (Lipinski definition) is 1. The molecule has 1 aliphatic rings. The van der Waals surface area contributed by atoms with Crippen LogP contribution in [0.1, 0.15) is 25.3 Å². The van der Waals surface area contributed by atoms with Crippen LogP contribution in [0.5, 0.6) is 0 Å². The molecule has 2 nitrogen and oxygen atoms in total. The molecule has 2 heteroatoms. The molecule has 0 bridgehead atoms. The molecule has 1 aromatic carbocycles. The lowest BCUT2D eigenvalue weighted by atomic mass is 10.1. The highest BCUT2D eigenvalue weighted by Crippen LogP contribution is 2.24. The van der Waals surface area contributed by atoms with Crippen molar-refractivity contribution in [1.29, 1.82) is 0 Å². The van der Waals surface area contributed by atoms with Crippen LogP contribution < -0.4 is 0 Å². The van der Waals surface area contributed by atoms with E-state index in [2.05, 4.69) is 43.3 Å². The molecule has 1 heterocycles. The number of hydrogen-bond donors (Lipinski definition) is 0. The van der Waals surface area contributed by atoms with Crippen molar-refractivity contribution in [3.63, 3.8) is 0 Å². The van der Waals surface area contributed by atoms with E-state index in [1.807, 2.05) is 7.11 Å². The van der Waals surface area contributed by atoms with Gasteiger partial charge < -0.3 is 0 Å². The highest BCUT2D eigenvalue weighted by atomic mass is 16.7. The van der Waals surface area contributed by atoms with Gasteiger partial charge in [-0.05, 0) is 12.0 Å². The first-order valence-electron chi connectivity index (χ1n) is 6.41. The summed E-state index contributed by atoms with van der Waals surface area (Å²) in [4.78, 5) is 5.81. The molecule has 2 rings (SSSR count). The molecule has 0 radical (unpaired) electrons. The smallest absolute Gasteiger partial charge is 0.135 e. The summed E-state index contributed by atoms with van der Waals surface area (Å²) in [7, 11) is 1.83. The fourth-order valence-electron chi connectivity index (χ4n) is 2.55. The van der Waals surface area contributed by atoms with E-state index in [1.54, 1.807) is 0 Å². The molecule has 1 unspecified atom stereocenters. The summed E-state index contributed by atoms with van der Waals surface area (Å²) in [6.07, 6.45) is 4.64. The minimum atomic E-state index is 0.740. The zero-order chi connectivity index (χ0) is 12.1. The van der Waals surface area contributed by atoms with Crippen LogP contribution in [0.4, 0.5) is 0 Å². The summed E-state index contributed by atoms with van der Waals surface area (Å²) in [5.41, 5.74) is 2.88. The number of quaternary nitrogens is 1. The lowest BCUT2D eigenvalue weighted by molar-refractivity contribution is -1.11. The third kappa shape index (κ3) is 2.96. The lowest BCUT2D eigenvalue weighted by Gasteiger charge is -2.37. The van der Waals surface area contributed by atoms with Gasteiger partial charge in [-0.25, -0.2) is 4.84 Å². The molecular formula is C15H22NO+. The minimum Gasteiger partial charge on any atom is -0.206 e. The van der Waals surface area contributed by atoms with Gasteiger partial charge in [0.2, 0.25) is 0 Å². The van der Waals surface area contributed by atoms with Gasteiger partial charge in [-0.1, -0.05) is 43.3 Å². The molecule has 17 heavy (non-hydrogen) atoms. The van der Waals surface area contributed by atoms with Crippen molar-refractivity contribution >= 4 is 0 Å². The summed E-state index contributed by atoms with van der Waals surface area (Å²) in [6, 6.07) is 10.6. The normalized spacial score (nSPS) is 24.5. The molecule has 1 aliphatic heterocycles. The Kier molecular flexibility index (Phi) is 3.97. The van der Waals surface area contributed by atoms with Crippen LogP contribution in [0.25, 0.3) is 0 Å². The average Bonchev–Trinajstić information content (AvgIpc) is 2.40. The van der Waals surface area contributed by atoms with Crippen molar-refractivity contribution in [2.45, 2.75) is 26.3 Å². The monoisotopic (exact) mass is 232 g/mol. The standard InChI is InChI=1S/C15H22NO/c1-3-14-10-7-11-16(12-14,17-2)13-15-8-5-4-6-9-15/h4-6,8-10H,3,7,11-13H2,1-2H3/q+1. The highest BCUT2D eigenvalue weighted by Gasteiger charge is 2.31. The summed E-state index contributed by atoms with van der Waals surface area (Å²) in [6.45, 7) is 5.30. The van der Waals surface area contributed by atoms with Crippen LogP contribution in [0, 0.1) is 0 Å². The predicted octanol–water partition coefficient (Wildman–Crippen LogP) is 3.30. The molecule has 0 amide bonds. The first-order chi connectivity index (χ1) is 8.28. The second-order valence-electron chi connectivity index (χ2n) is 4.77. The molecule has 0 saturated heterocycles. The van der Waals surface area contributed by atoms with Gasteiger partial charge in [0, 0.05) is 12.0 Å². The second-order valence-corrected chi connectivity index (χ2v) is 4.77. The summed E-state index contributed by atoms with van der Waals surface area (Å²) in [5.74, 6) is 0. The molecular weight excluding hydrogens is 210 g/mol. The Balaban J connectivity index is 2.13. The minimum absolute atomic E-state index is 0.740. The average molecular weight is 232 g/mol. The molecule has 0 saturated carbocycles. The SMILES string of the molecule is CCC1=CCC[N+](Cc2ccccc2)(OC)C1. The van der Waals surface area contributed by atoms with Crippen molar-refractivity contribution in [3.8, 4) is 0 Å². The Bertz CT molecular complexity index is 385. The van der Waals surface area contributed by atoms with Gasteiger partial charge in [-0.3, -0.25) is 0 Å². The number of rotatable bonds is 4. The Hall–Kier alpha value is -1.12. The first kappa shape index (κ1) is 12.3. The Morgan fingerprint density at radius 1 is 1.24 bits per heavy atom. The van der Waals surface area contributed by atoms with Crippen LogP contribution in [-0.2, 0) is 11.4 Å². The van der Waals surface area contributed by atoms with E-state index in [0.717, 1.165) is 37.1 Å². The van der Waals surface area contributed by atoms with Gasteiger partial charge in [-0.15, -0.1) is 0 Å². The van der Waals surface area contributed by atoms with E-state index in [-0.39, 0.29) is 0 Å². The quantitative estimate of drug-likeness (QED) is 0.571. The van der Waals surface area contributed by atoms with Crippen molar-refractivity contribution in [3.05, 3.63) is 47.5 Å². The Labute approximate surface area is 104 Å². The lowest BCUT2D eigenvalue weighted by Crippen LogP contribution is -2.49. The largest absolute Gasteiger partial charge is 0.206 e. The zero-order valence-electron chi connectivity index (χ0n) is 10.9. The van der Waals surface area contributed by atoms with E-state index >= 15 is 0 Å². The van der Waals surface area contributed by atoms with Crippen LogP contribution in [-0.4, -0.2) is 24.8 Å². The molecule has 92 valence electrons. The number of nitrogens with zero attached hydrogens (tertiary/aromatic N) is 1. The third-order valence-corrected chi connectivity index (χ3v) is 3.62. The van der Waals surface area contributed by atoms with Crippen molar-refractivity contribution < 1.29 is 9.48 Å². The summed E-state index contributed by atoms with van der Waals surface area (Å²) < 4.78 is 0.740. The first-order valence-corrected chi connectivity index (χ1v) is 6.41. The third-order valence-electron chi connectivity index (χ3n) is 3.62. The van der Waals surface area contributed by atoms with Crippen LogP contribution in [0.2, 0.25) is 0 Å². The van der Waals surface area contributed by atoms with Gasteiger partial charge >= 0.3 is 0 Å². The maximum atomic E-state index is 5.81. The molecule has 1 atom stereocenters. The topological polar surface area (TPSA) is 9.23 Å². The molecule has 0 spiro atoms. The van der Waals surface area contributed by atoms with E-state index < -0.39 is 0 Å².